The first-order valence-electron chi connectivity index (χ1n) is 21.3. The van der Waals surface area contributed by atoms with Crippen molar-refractivity contribution >= 4 is 44.7 Å². The van der Waals surface area contributed by atoms with Crippen LogP contribution < -0.4 is 20.5 Å². The summed E-state index contributed by atoms with van der Waals surface area (Å²) in [4.78, 5) is 66.1. The summed E-state index contributed by atoms with van der Waals surface area (Å²) in [5.74, 6) is -2.34. The number of ether oxygens (including phenoxy) is 2. The molecule has 3 aliphatic carbocycles. The van der Waals surface area contributed by atoms with Gasteiger partial charge in [-0.25, -0.2) is 23.2 Å². The number of para-hydroxylation sites is 1. The number of alkyl carbamates (subject to hydrolysis) is 1. The van der Waals surface area contributed by atoms with Crippen LogP contribution in [0.15, 0.2) is 49.1 Å². The van der Waals surface area contributed by atoms with Crippen molar-refractivity contribution in [3.8, 4) is 17.1 Å². The molecule has 15 nitrogen and oxygen atoms in total. The fourth-order valence-corrected chi connectivity index (χ4v) is 9.37. The topological polar surface area (TPSA) is 215 Å². The molecule has 2 aromatic heterocycles. The number of nitrogens with zero attached hydrogens (tertiary/aromatic N) is 4. The minimum absolute atomic E-state index is 0.0279. The molecular formula is C44H61N7O8S. The monoisotopic (exact) mass is 847 g/mol. The average molecular weight is 848 g/mol. The zero-order chi connectivity index (χ0) is 43.4. The summed E-state index contributed by atoms with van der Waals surface area (Å²) in [7, 11) is -3.64. The third kappa shape index (κ3) is 11.1. The average Bonchev–Trinajstić information content (AvgIpc) is 4.10. The van der Waals surface area contributed by atoms with Crippen molar-refractivity contribution in [1.29, 1.82) is 0 Å². The van der Waals surface area contributed by atoms with Gasteiger partial charge in [-0.2, -0.15) is 4.98 Å². The normalized spacial score (nSPS) is 23.1. The van der Waals surface area contributed by atoms with Crippen LogP contribution in [0.3, 0.4) is 0 Å². The lowest BCUT2D eigenvalue weighted by atomic mass is 9.88. The highest BCUT2D eigenvalue weighted by Gasteiger charge is 2.52. The number of allylic oxidation sites excluding steroid dienone is 2. The van der Waals surface area contributed by atoms with Gasteiger partial charge in [0.05, 0.1) is 16.3 Å². The Kier molecular flexibility index (Phi) is 13.7. The number of nitrogens with one attached hydrogen (secondary N) is 2. The number of hydrogen-bond donors (Lipinski definition) is 3. The Morgan fingerprint density at radius 1 is 1.02 bits per heavy atom. The predicted octanol–water partition coefficient (Wildman–Crippen LogP) is 6.72. The van der Waals surface area contributed by atoms with Gasteiger partial charge in [-0.05, 0) is 118 Å². The molecule has 16 heteroatoms. The van der Waals surface area contributed by atoms with E-state index in [0.717, 1.165) is 41.4 Å². The highest BCUT2D eigenvalue weighted by molar-refractivity contribution is 7.91. The molecule has 4 N–H and O–H groups in total. The van der Waals surface area contributed by atoms with Crippen molar-refractivity contribution in [2.45, 2.75) is 147 Å². The highest BCUT2D eigenvalue weighted by atomic mass is 32.2. The lowest BCUT2D eigenvalue weighted by Gasteiger charge is -2.27. The van der Waals surface area contributed by atoms with Crippen molar-refractivity contribution in [3.63, 3.8) is 0 Å². The first-order chi connectivity index (χ1) is 28.4. The van der Waals surface area contributed by atoms with E-state index in [2.05, 4.69) is 20.0 Å². The number of aromatic nitrogens is 4. The minimum atomic E-state index is -3.64. The standard InChI is InChI=1S/C44H61N7O8S/c1-27(2)51-36-16-12-14-33(31-24-46-26-47-25-31)37(36)49-41(51)58-32-21-29(17-18-30(22-32)39(45)53)38(52)35(48-42(55)59-43(3,4)5)15-11-9-7-8-10-13-28-23-34(28)40(54)50-60(56,57)44(6)19-20-44/h10,12-14,16,24-30,32,34-35H,7-9,11,15,17-23H2,1-6H3,(H2,45,53)(H,48,55)(H,50,54)/b13-10-/t28-,29?,30+,32+,34+,35+/m1/s1. The third-order valence-electron chi connectivity index (χ3n) is 11.9. The maximum absolute atomic E-state index is 14.5. The van der Waals surface area contributed by atoms with Gasteiger partial charge in [-0.3, -0.25) is 23.7 Å². The van der Waals surface area contributed by atoms with Crippen LogP contribution in [-0.2, 0) is 29.1 Å². The van der Waals surface area contributed by atoms with Crippen molar-refractivity contribution in [2.24, 2.45) is 29.4 Å². The molecule has 0 aliphatic heterocycles. The molecule has 0 saturated heterocycles. The predicted molar refractivity (Wildman–Crippen MR) is 227 cm³/mol. The number of primary amides is 1. The van der Waals surface area contributed by atoms with Gasteiger partial charge in [0.2, 0.25) is 21.8 Å². The Bertz CT molecular complexity index is 2180. The van der Waals surface area contributed by atoms with Crippen molar-refractivity contribution < 1.29 is 37.1 Å². The van der Waals surface area contributed by atoms with Crippen molar-refractivity contribution in [1.82, 2.24) is 29.6 Å². The van der Waals surface area contributed by atoms with Gasteiger partial charge in [-0.1, -0.05) is 37.1 Å². The van der Waals surface area contributed by atoms with Crippen molar-refractivity contribution in [3.05, 3.63) is 49.1 Å². The molecule has 3 amide bonds. The number of nitrogens with two attached hydrogens (primary N) is 1. The van der Waals surface area contributed by atoms with Crippen LogP contribution >= 0.6 is 0 Å². The van der Waals surface area contributed by atoms with Crippen molar-refractivity contribution in [2.75, 3.05) is 0 Å². The Hall–Kier alpha value is -4.86. The second kappa shape index (κ2) is 18.4. The number of sulfonamides is 1. The molecule has 0 spiro atoms. The van der Waals surface area contributed by atoms with Crippen LogP contribution in [0.5, 0.6) is 6.01 Å². The van der Waals surface area contributed by atoms with Gasteiger partial charge in [0.15, 0.2) is 5.78 Å². The van der Waals surface area contributed by atoms with Crippen LogP contribution in [0.1, 0.15) is 125 Å². The van der Waals surface area contributed by atoms with E-state index >= 15 is 0 Å². The number of Topliss-reactive ketones (excluding diaryl/α,β-unsaturated/α-hetero) is 1. The lowest BCUT2D eigenvalue weighted by Crippen LogP contribution is -2.46. The Morgan fingerprint density at radius 3 is 2.38 bits per heavy atom. The molecule has 2 heterocycles. The van der Waals surface area contributed by atoms with Gasteiger partial charge in [-0.15, -0.1) is 0 Å². The molecule has 326 valence electrons. The van der Waals surface area contributed by atoms with Crippen LogP contribution in [-0.4, -0.2) is 74.1 Å². The molecule has 3 fully saturated rings. The molecule has 1 unspecified atom stereocenters. The maximum atomic E-state index is 14.5. The second-order valence-electron chi connectivity index (χ2n) is 18.3. The summed E-state index contributed by atoms with van der Waals surface area (Å²) in [6, 6.07) is 5.42. The summed E-state index contributed by atoms with van der Waals surface area (Å²) in [6.45, 7) is 11.0. The van der Waals surface area contributed by atoms with E-state index < -0.39 is 62.3 Å². The Labute approximate surface area is 353 Å². The summed E-state index contributed by atoms with van der Waals surface area (Å²) in [5.41, 5.74) is 8.36. The zero-order valence-corrected chi connectivity index (χ0v) is 36.5. The minimum Gasteiger partial charge on any atom is -0.461 e. The van der Waals surface area contributed by atoms with E-state index in [1.54, 1.807) is 40.1 Å². The number of carbonyl (C=O) groups is 4. The summed E-state index contributed by atoms with van der Waals surface area (Å²) >= 11 is 0. The van der Waals surface area contributed by atoms with E-state index in [1.165, 1.54) is 6.33 Å². The first kappa shape index (κ1) is 44.7. The quantitative estimate of drug-likeness (QED) is 0.0694. The molecule has 3 aliphatic rings. The summed E-state index contributed by atoms with van der Waals surface area (Å²) in [6.07, 6.45) is 14.4. The zero-order valence-electron chi connectivity index (χ0n) is 35.7. The van der Waals surface area contributed by atoms with Gasteiger partial charge in [0.1, 0.15) is 23.5 Å². The van der Waals surface area contributed by atoms with Gasteiger partial charge < -0.3 is 20.5 Å². The van der Waals surface area contributed by atoms with Crippen LogP contribution in [0, 0.1) is 23.7 Å². The number of fused-ring (bicyclic) bond motifs is 1. The van der Waals surface area contributed by atoms with Crippen LogP contribution in [0.4, 0.5) is 4.79 Å². The first-order valence-corrected chi connectivity index (χ1v) is 22.8. The van der Waals surface area contributed by atoms with Gasteiger partial charge >= 0.3 is 6.09 Å². The van der Waals surface area contributed by atoms with Crippen LogP contribution in [0.2, 0.25) is 0 Å². The smallest absolute Gasteiger partial charge is 0.408 e. The Balaban J connectivity index is 1.10. The largest absolute Gasteiger partial charge is 0.461 e. The highest BCUT2D eigenvalue weighted by Crippen LogP contribution is 2.44. The molecule has 6 atom stereocenters. The van der Waals surface area contributed by atoms with E-state index in [9.17, 15) is 27.6 Å². The van der Waals surface area contributed by atoms with E-state index in [4.69, 9.17) is 20.2 Å². The van der Waals surface area contributed by atoms with Gasteiger partial charge in [0, 0.05) is 47.3 Å². The fraction of sp³-hybridized carbons (Fsp3) is 0.614. The number of ketones is 1. The number of hydrogen-bond acceptors (Lipinski definition) is 11. The molecule has 1 aromatic carbocycles. The Morgan fingerprint density at radius 2 is 1.72 bits per heavy atom. The maximum Gasteiger partial charge on any atom is 0.408 e. The number of rotatable bonds is 18. The number of carbonyl (C=O) groups excluding carboxylic acids is 4. The van der Waals surface area contributed by atoms with E-state index in [-0.39, 0.29) is 23.7 Å². The molecule has 3 aromatic rings. The second-order valence-corrected chi connectivity index (χ2v) is 20.5. The van der Waals surface area contributed by atoms with E-state index in [0.29, 0.717) is 63.8 Å². The molecule has 0 radical (unpaired) electrons. The SMILES string of the molecule is CC(C)n1c(O[C@H]2CC(C(=O)[C@H](CCCCC/C=C\[C@@H]3C[C@@H]3C(=O)NS(=O)(=O)C3(C)CC3)NC(=O)OC(C)(C)C)CC[C@H](C(N)=O)C2)nc2c(-c3cncnc3)cccc21. The van der Waals surface area contributed by atoms with Crippen LogP contribution in [0.25, 0.3) is 22.2 Å². The third-order valence-corrected chi connectivity index (χ3v) is 14.1. The summed E-state index contributed by atoms with van der Waals surface area (Å²) in [5, 5.41) is 2.86. The number of amides is 3. The number of benzene rings is 1. The lowest BCUT2D eigenvalue weighted by molar-refractivity contribution is -0.126. The van der Waals surface area contributed by atoms with Gasteiger partial charge in [0.25, 0.3) is 6.01 Å². The molecule has 3 saturated carbocycles. The molecule has 6 rings (SSSR count). The molecule has 60 heavy (non-hydrogen) atoms. The molecule has 0 bridgehead atoms. The number of unbranched alkanes of at least 4 members (excludes halogenated alkanes) is 3. The fourth-order valence-electron chi connectivity index (χ4n) is 8.06. The summed E-state index contributed by atoms with van der Waals surface area (Å²) < 4.78 is 40.6. The molecular weight excluding hydrogens is 787 g/mol. The van der Waals surface area contributed by atoms with E-state index in [1.807, 2.05) is 48.8 Å². The number of imidazole rings is 1.